The van der Waals surface area contributed by atoms with Crippen LogP contribution in [0.1, 0.15) is 54.4 Å². The van der Waals surface area contributed by atoms with Crippen LogP contribution in [0.4, 0.5) is 0 Å². The van der Waals surface area contributed by atoms with Crippen molar-refractivity contribution in [2.75, 3.05) is 0 Å². The standard InChI is InChI=1S/C11H18.C2H6/c1-8-5-6-9(2)11(4)7-10(8)3;1-2/h7-8H,5-6H2,1-4H3;1-2H3. The first-order chi connectivity index (χ1) is 6.11. The molecule has 0 aromatic rings. The molecule has 1 atom stereocenters. The lowest BCUT2D eigenvalue weighted by Crippen LogP contribution is -1.93. The summed E-state index contributed by atoms with van der Waals surface area (Å²) in [6.07, 6.45) is 4.94. The van der Waals surface area contributed by atoms with Crippen LogP contribution in [-0.4, -0.2) is 0 Å². The molecule has 0 aromatic carbocycles. The summed E-state index contributed by atoms with van der Waals surface area (Å²) in [5.41, 5.74) is 4.58. The molecule has 0 N–H and O–H groups in total. The second-order valence-electron chi connectivity index (χ2n) is 3.79. The summed E-state index contributed by atoms with van der Waals surface area (Å²) in [7, 11) is 0. The third-order valence-corrected chi connectivity index (χ3v) is 2.85. The van der Waals surface area contributed by atoms with Gasteiger partial charge in [0, 0.05) is 0 Å². The fraction of sp³-hybridized carbons (Fsp3) is 0.692. The van der Waals surface area contributed by atoms with E-state index in [2.05, 4.69) is 33.8 Å². The number of allylic oxidation sites excluding steroid dienone is 4. The minimum absolute atomic E-state index is 0.780. The van der Waals surface area contributed by atoms with Gasteiger partial charge in [0.1, 0.15) is 0 Å². The van der Waals surface area contributed by atoms with E-state index in [0.29, 0.717) is 0 Å². The van der Waals surface area contributed by atoms with Gasteiger partial charge in [-0.1, -0.05) is 43.6 Å². The van der Waals surface area contributed by atoms with Crippen LogP contribution in [0.5, 0.6) is 0 Å². The molecular weight excluding hydrogens is 156 g/mol. The Kier molecular flexibility index (Phi) is 5.77. The average molecular weight is 180 g/mol. The van der Waals surface area contributed by atoms with Crippen molar-refractivity contribution in [2.24, 2.45) is 5.92 Å². The SMILES string of the molecule is CC.CC1=CC(C)=C(C)CCC1C. The van der Waals surface area contributed by atoms with Gasteiger partial charge in [-0.05, 0) is 39.5 Å². The van der Waals surface area contributed by atoms with Crippen LogP contribution in [0.2, 0.25) is 0 Å². The van der Waals surface area contributed by atoms with Gasteiger partial charge in [-0.2, -0.15) is 0 Å². The number of rotatable bonds is 0. The Labute approximate surface area is 83.7 Å². The zero-order valence-electron chi connectivity index (χ0n) is 10.1. The second kappa shape index (κ2) is 6.01. The normalized spacial score (nSPS) is 22.9. The van der Waals surface area contributed by atoms with Crippen LogP contribution in [0.3, 0.4) is 0 Å². The van der Waals surface area contributed by atoms with Crippen LogP contribution in [0.15, 0.2) is 22.8 Å². The van der Waals surface area contributed by atoms with Gasteiger partial charge >= 0.3 is 0 Å². The zero-order valence-corrected chi connectivity index (χ0v) is 10.1. The quantitative estimate of drug-likeness (QED) is 0.506. The molecule has 0 aromatic heterocycles. The lowest BCUT2D eigenvalue weighted by molar-refractivity contribution is 0.617. The van der Waals surface area contributed by atoms with E-state index in [9.17, 15) is 0 Å². The maximum absolute atomic E-state index is 2.34. The highest BCUT2D eigenvalue weighted by molar-refractivity contribution is 5.28. The fourth-order valence-electron chi connectivity index (χ4n) is 1.46. The van der Waals surface area contributed by atoms with E-state index in [4.69, 9.17) is 0 Å². The summed E-state index contributed by atoms with van der Waals surface area (Å²) in [4.78, 5) is 0. The molecule has 1 unspecified atom stereocenters. The molecule has 0 heteroatoms. The van der Waals surface area contributed by atoms with Gasteiger partial charge in [0.15, 0.2) is 0 Å². The van der Waals surface area contributed by atoms with E-state index in [0.717, 1.165) is 5.92 Å². The van der Waals surface area contributed by atoms with Crippen LogP contribution < -0.4 is 0 Å². The van der Waals surface area contributed by atoms with Gasteiger partial charge in [0.25, 0.3) is 0 Å². The van der Waals surface area contributed by atoms with Crippen LogP contribution >= 0.6 is 0 Å². The maximum Gasteiger partial charge on any atom is -0.0228 e. The molecule has 0 saturated carbocycles. The molecule has 0 amide bonds. The van der Waals surface area contributed by atoms with E-state index in [1.165, 1.54) is 18.4 Å². The van der Waals surface area contributed by atoms with Crippen molar-refractivity contribution < 1.29 is 0 Å². The molecule has 0 saturated heterocycles. The highest BCUT2D eigenvalue weighted by Crippen LogP contribution is 2.26. The Morgan fingerprint density at radius 1 is 1.15 bits per heavy atom. The minimum atomic E-state index is 0.780. The van der Waals surface area contributed by atoms with Crippen molar-refractivity contribution in [3.8, 4) is 0 Å². The highest BCUT2D eigenvalue weighted by atomic mass is 14.1. The third kappa shape index (κ3) is 3.80. The fourth-order valence-corrected chi connectivity index (χ4v) is 1.46. The Morgan fingerprint density at radius 2 is 1.69 bits per heavy atom. The van der Waals surface area contributed by atoms with E-state index in [1.54, 1.807) is 11.1 Å². The molecule has 1 aliphatic rings. The smallest absolute Gasteiger partial charge is 0.0228 e. The molecule has 0 spiro atoms. The van der Waals surface area contributed by atoms with E-state index in [-0.39, 0.29) is 0 Å². The Hall–Kier alpha value is -0.520. The topological polar surface area (TPSA) is 0 Å². The molecule has 1 aliphatic carbocycles. The largest absolute Gasteiger partial charge is 0.0704 e. The van der Waals surface area contributed by atoms with Crippen molar-refractivity contribution in [3.05, 3.63) is 22.8 Å². The Morgan fingerprint density at radius 3 is 2.23 bits per heavy atom. The molecule has 0 fully saturated rings. The number of hydrogen-bond acceptors (Lipinski definition) is 0. The molecule has 0 heterocycles. The van der Waals surface area contributed by atoms with Crippen LogP contribution in [0.25, 0.3) is 0 Å². The van der Waals surface area contributed by atoms with E-state index >= 15 is 0 Å². The van der Waals surface area contributed by atoms with Crippen molar-refractivity contribution in [1.29, 1.82) is 0 Å². The van der Waals surface area contributed by atoms with E-state index in [1.807, 2.05) is 13.8 Å². The second-order valence-corrected chi connectivity index (χ2v) is 3.79. The summed E-state index contributed by atoms with van der Waals surface area (Å²) >= 11 is 0. The Balaban J connectivity index is 0.000000671. The Bertz CT molecular complexity index is 206. The first-order valence-corrected chi connectivity index (χ1v) is 5.46. The predicted molar refractivity (Wildman–Crippen MR) is 61.9 cm³/mol. The molecule has 0 radical (unpaired) electrons. The molecule has 0 aliphatic heterocycles. The third-order valence-electron chi connectivity index (χ3n) is 2.85. The predicted octanol–water partition coefficient (Wildman–Crippen LogP) is 4.73. The minimum Gasteiger partial charge on any atom is -0.0704 e. The average Bonchev–Trinajstić information content (AvgIpc) is 2.24. The summed E-state index contributed by atoms with van der Waals surface area (Å²) in [6.45, 7) is 13.0. The van der Waals surface area contributed by atoms with Gasteiger partial charge in [0.2, 0.25) is 0 Å². The summed E-state index contributed by atoms with van der Waals surface area (Å²) in [5.74, 6) is 0.780. The first-order valence-electron chi connectivity index (χ1n) is 5.46. The summed E-state index contributed by atoms with van der Waals surface area (Å²) < 4.78 is 0. The van der Waals surface area contributed by atoms with Gasteiger partial charge in [-0.3, -0.25) is 0 Å². The van der Waals surface area contributed by atoms with Gasteiger partial charge in [0.05, 0.1) is 0 Å². The molecule has 76 valence electrons. The lowest BCUT2D eigenvalue weighted by atomic mass is 9.98. The zero-order chi connectivity index (χ0) is 10.4. The van der Waals surface area contributed by atoms with Crippen molar-refractivity contribution in [3.63, 3.8) is 0 Å². The molecule has 0 bridgehead atoms. The van der Waals surface area contributed by atoms with Crippen LogP contribution in [-0.2, 0) is 0 Å². The highest BCUT2D eigenvalue weighted by Gasteiger charge is 2.09. The van der Waals surface area contributed by atoms with E-state index < -0.39 is 0 Å². The van der Waals surface area contributed by atoms with Gasteiger partial charge in [-0.15, -0.1) is 0 Å². The number of hydrogen-bond donors (Lipinski definition) is 0. The van der Waals surface area contributed by atoms with Gasteiger partial charge < -0.3 is 0 Å². The molecule has 1 rings (SSSR count). The molecule has 13 heavy (non-hydrogen) atoms. The summed E-state index contributed by atoms with van der Waals surface area (Å²) in [5, 5.41) is 0. The van der Waals surface area contributed by atoms with Gasteiger partial charge in [-0.25, -0.2) is 0 Å². The monoisotopic (exact) mass is 180 g/mol. The summed E-state index contributed by atoms with van der Waals surface area (Å²) in [6, 6.07) is 0. The lowest BCUT2D eigenvalue weighted by Gasteiger charge is -2.07. The van der Waals surface area contributed by atoms with Crippen molar-refractivity contribution in [2.45, 2.75) is 54.4 Å². The molecular formula is C13H24. The van der Waals surface area contributed by atoms with Crippen molar-refractivity contribution in [1.82, 2.24) is 0 Å². The first kappa shape index (κ1) is 12.5. The van der Waals surface area contributed by atoms with Crippen LogP contribution in [0, 0.1) is 5.92 Å². The van der Waals surface area contributed by atoms with Crippen molar-refractivity contribution >= 4 is 0 Å². The maximum atomic E-state index is 2.34. The molecule has 0 nitrogen and oxygen atoms in total.